The Bertz CT molecular complexity index is 1120. The van der Waals surface area contributed by atoms with Crippen LogP contribution < -0.4 is 5.32 Å². The molecule has 9 heteroatoms. The number of hydrogen-bond donors (Lipinski definition) is 2. The van der Waals surface area contributed by atoms with Crippen LogP contribution in [0.4, 0.5) is 17.6 Å². The Morgan fingerprint density at radius 3 is 2.41 bits per heavy atom. The summed E-state index contributed by atoms with van der Waals surface area (Å²) in [6.07, 6.45) is -4.74. The van der Waals surface area contributed by atoms with Crippen LogP contribution in [0.1, 0.15) is 36.5 Å². The molecule has 2 N–H and O–H groups in total. The van der Waals surface area contributed by atoms with E-state index in [2.05, 4.69) is 21.2 Å². The van der Waals surface area contributed by atoms with Gasteiger partial charge in [0, 0.05) is 28.6 Å². The van der Waals surface area contributed by atoms with Crippen molar-refractivity contribution < 1.29 is 27.5 Å². The van der Waals surface area contributed by atoms with Crippen LogP contribution in [-0.2, 0) is 17.4 Å². The summed E-state index contributed by atoms with van der Waals surface area (Å²) in [4.78, 5) is 12.3. The lowest BCUT2D eigenvalue weighted by atomic mass is 9.62. The van der Waals surface area contributed by atoms with Crippen molar-refractivity contribution >= 4 is 21.9 Å². The third-order valence-corrected chi connectivity index (χ3v) is 6.54. The smallest absolute Gasteiger partial charge is 0.416 e. The number of carbonyl (C=O) groups is 1. The van der Waals surface area contributed by atoms with E-state index in [-0.39, 0.29) is 12.0 Å². The molecule has 0 aromatic heterocycles. The summed E-state index contributed by atoms with van der Waals surface area (Å²) < 4.78 is 56.0. The number of nitrogens with one attached hydrogen (secondary N) is 1. The van der Waals surface area contributed by atoms with Gasteiger partial charge in [0.1, 0.15) is 5.82 Å². The predicted octanol–water partition coefficient (Wildman–Crippen LogP) is 5.79. The number of carboxylic acid groups (broad SMARTS) is 1. The minimum Gasteiger partial charge on any atom is -0.481 e. The summed E-state index contributed by atoms with van der Waals surface area (Å²) in [5.41, 5.74) is -2.53. The molecule has 168 valence electrons. The van der Waals surface area contributed by atoms with Gasteiger partial charge in [-0.25, -0.2) is 4.39 Å². The highest BCUT2D eigenvalue weighted by molar-refractivity contribution is 9.10. The van der Waals surface area contributed by atoms with Crippen LogP contribution in [0.2, 0.25) is 0 Å². The van der Waals surface area contributed by atoms with Gasteiger partial charge < -0.3 is 10.4 Å². The highest BCUT2D eigenvalue weighted by Gasteiger charge is 2.54. The van der Waals surface area contributed by atoms with Gasteiger partial charge in [-0.3, -0.25) is 4.79 Å². The predicted molar refractivity (Wildman–Crippen MR) is 113 cm³/mol. The molecule has 1 aliphatic rings. The fourth-order valence-corrected chi connectivity index (χ4v) is 4.38. The number of alkyl halides is 3. The Kier molecular flexibility index (Phi) is 6.38. The molecule has 3 atom stereocenters. The number of allylic oxidation sites excluding steroid dienone is 2. The molecule has 1 aliphatic heterocycles. The van der Waals surface area contributed by atoms with Gasteiger partial charge >= 0.3 is 12.1 Å². The molecule has 0 radical (unpaired) electrons. The monoisotopic (exact) mass is 510 g/mol. The molecule has 0 fully saturated rings. The molecule has 2 aromatic rings. The van der Waals surface area contributed by atoms with Gasteiger partial charge in [-0.05, 0) is 49.2 Å². The first-order chi connectivity index (χ1) is 14.9. The van der Waals surface area contributed by atoms with Gasteiger partial charge in [0.15, 0.2) is 0 Å². The zero-order valence-corrected chi connectivity index (χ0v) is 18.7. The lowest BCUT2D eigenvalue weighted by molar-refractivity contribution is -0.152. The van der Waals surface area contributed by atoms with Crippen LogP contribution in [-0.4, -0.2) is 17.1 Å². The minimum absolute atomic E-state index is 0.118. The molecular formula is C23H19BrF4N2O2. The normalized spacial score (nSPS) is 23.4. The summed E-state index contributed by atoms with van der Waals surface area (Å²) in [5.74, 6) is -3.91. The van der Waals surface area contributed by atoms with Gasteiger partial charge in [0.05, 0.1) is 22.6 Å². The molecule has 0 saturated heterocycles. The second-order valence-electron chi connectivity index (χ2n) is 7.92. The summed E-state index contributed by atoms with van der Waals surface area (Å²) in [6.45, 7) is 2.85. The maximum atomic E-state index is 13.8. The molecule has 2 aromatic carbocycles. The highest BCUT2D eigenvalue weighted by atomic mass is 79.9. The molecule has 3 unspecified atom stereocenters. The summed E-state index contributed by atoms with van der Waals surface area (Å²) in [7, 11) is 0. The van der Waals surface area contributed by atoms with Crippen LogP contribution in [0, 0.1) is 22.6 Å². The van der Waals surface area contributed by atoms with E-state index in [1.165, 1.54) is 6.92 Å². The Morgan fingerprint density at radius 1 is 1.25 bits per heavy atom. The number of halogens is 5. The largest absolute Gasteiger partial charge is 0.481 e. The van der Waals surface area contributed by atoms with Gasteiger partial charge in [-0.1, -0.05) is 34.1 Å². The van der Waals surface area contributed by atoms with Crippen molar-refractivity contribution in [2.45, 2.75) is 38.4 Å². The molecule has 0 bridgehead atoms. The van der Waals surface area contributed by atoms with Crippen molar-refractivity contribution in [1.82, 2.24) is 5.32 Å². The van der Waals surface area contributed by atoms with Crippen LogP contribution in [0.25, 0.3) is 0 Å². The second-order valence-corrected chi connectivity index (χ2v) is 8.84. The maximum absolute atomic E-state index is 13.8. The zero-order valence-electron chi connectivity index (χ0n) is 17.1. The van der Waals surface area contributed by atoms with E-state index in [4.69, 9.17) is 0 Å². The van der Waals surface area contributed by atoms with E-state index < -0.39 is 46.5 Å². The number of nitrogens with zero attached hydrogens (tertiary/aromatic N) is 1. The van der Waals surface area contributed by atoms with Crippen LogP contribution in [0.3, 0.4) is 0 Å². The van der Waals surface area contributed by atoms with E-state index in [1.54, 1.807) is 31.2 Å². The second kappa shape index (κ2) is 8.58. The van der Waals surface area contributed by atoms with E-state index in [9.17, 15) is 32.7 Å². The maximum Gasteiger partial charge on any atom is 0.416 e. The molecule has 32 heavy (non-hydrogen) atoms. The van der Waals surface area contributed by atoms with Crippen molar-refractivity contribution in [2.24, 2.45) is 5.41 Å². The Balaban J connectivity index is 2.28. The van der Waals surface area contributed by atoms with Crippen LogP contribution >= 0.6 is 15.9 Å². The number of aliphatic carboxylic acids is 1. The molecule has 0 saturated carbocycles. The minimum atomic E-state index is -4.93. The molecule has 0 spiro atoms. The van der Waals surface area contributed by atoms with E-state index >= 15 is 0 Å². The first kappa shape index (κ1) is 23.8. The Morgan fingerprint density at radius 2 is 1.88 bits per heavy atom. The zero-order chi connectivity index (χ0) is 23.8. The summed E-state index contributed by atoms with van der Waals surface area (Å²) >= 11 is 3.33. The standard InChI is InChI=1S/C23H19BrF4N2O2/c1-12-22(2,21(31)32)20(16-8-7-15(25)10-18(16)23(26,27)28)17(11-29)19(30-12)9-13-3-5-14(24)6-4-13/h3-8,10,12,20,30H,9H2,1-2H3,(H,31,32). The molecule has 3 rings (SSSR count). The van der Waals surface area contributed by atoms with Gasteiger partial charge in [0.2, 0.25) is 0 Å². The Hall–Kier alpha value is -2.86. The summed E-state index contributed by atoms with van der Waals surface area (Å²) in [6, 6.07) is 10.4. The molecule has 0 aliphatic carbocycles. The number of carboxylic acids is 1. The average Bonchev–Trinajstić information content (AvgIpc) is 2.71. The number of rotatable bonds is 4. The SMILES string of the molecule is CC1NC(Cc2ccc(Br)cc2)=C(C#N)C(c2ccc(F)cc2C(F)(F)F)C1(C)C(=O)O. The lowest BCUT2D eigenvalue weighted by Crippen LogP contribution is -2.54. The molecular weight excluding hydrogens is 492 g/mol. The fourth-order valence-electron chi connectivity index (χ4n) is 4.11. The summed E-state index contributed by atoms with van der Waals surface area (Å²) in [5, 5.41) is 23.0. The van der Waals surface area contributed by atoms with E-state index in [0.717, 1.165) is 22.2 Å². The number of nitriles is 1. The number of benzene rings is 2. The first-order valence-corrected chi connectivity index (χ1v) is 10.4. The quantitative estimate of drug-likeness (QED) is 0.510. The van der Waals surface area contributed by atoms with Gasteiger partial charge in [-0.2, -0.15) is 18.4 Å². The van der Waals surface area contributed by atoms with Gasteiger partial charge in [0.25, 0.3) is 0 Å². The Labute approximate surface area is 190 Å². The van der Waals surface area contributed by atoms with E-state index in [1.807, 2.05) is 6.07 Å². The average molecular weight is 511 g/mol. The van der Waals surface area contributed by atoms with Crippen molar-refractivity contribution in [3.8, 4) is 6.07 Å². The molecule has 0 amide bonds. The third kappa shape index (κ3) is 4.24. The van der Waals surface area contributed by atoms with Gasteiger partial charge in [-0.15, -0.1) is 0 Å². The molecule has 4 nitrogen and oxygen atoms in total. The topological polar surface area (TPSA) is 73.1 Å². The van der Waals surface area contributed by atoms with Crippen molar-refractivity contribution in [2.75, 3.05) is 0 Å². The van der Waals surface area contributed by atoms with Crippen molar-refractivity contribution in [3.63, 3.8) is 0 Å². The third-order valence-electron chi connectivity index (χ3n) is 6.01. The highest BCUT2D eigenvalue weighted by Crippen LogP contribution is 2.51. The first-order valence-electron chi connectivity index (χ1n) is 9.63. The van der Waals surface area contributed by atoms with Crippen LogP contribution in [0.5, 0.6) is 0 Å². The van der Waals surface area contributed by atoms with Crippen LogP contribution in [0.15, 0.2) is 58.2 Å². The lowest BCUT2D eigenvalue weighted by Gasteiger charge is -2.45. The molecule has 1 heterocycles. The van der Waals surface area contributed by atoms with E-state index in [0.29, 0.717) is 11.8 Å². The van der Waals surface area contributed by atoms with Crippen molar-refractivity contribution in [3.05, 3.63) is 80.7 Å². The van der Waals surface area contributed by atoms with Crippen molar-refractivity contribution in [1.29, 1.82) is 5.26 Å². The number of hydrogen-bond acceptors (Lipinski definition) is 3. The fraction of sp³-hybridized carbons (Fsp3) is 0.304.